The Morgan fingerprint density at radius 1 is 1.45 bits per heavy atom. The Morgan fingerprint density at radius 3 is 2.64 bits per heavy atom. The molecule has 120 valence electrons. The molecule has 4 heteroatoms. The van der Waals surface area contributed by atoms with Gasteiger partial charge in [-0.25, -0.2) is 0 Å². The van der Waals surface area contributed by atoms with Gasteiger partial charge in [0, 0.05) is 12.3 Å². The summed E-state index contributed by atoms with van der Waals surface area (Å²) in [6.45, 7) is 13.3. The van der Waals surface area contributed by atoms with Crippen LogP contribution in [0.3, 0.4) is 0 Å². The topological polar surface area (TPSA) is 26.3 Å². The zero-order valence-corrected chi connectivity index (χ0v) is 13.3. The summed E-state index contributed by atoms with van der Waals surface area (Å²) in [4.78, 5) is 12.3. The minimum Gasteiger partial charge on any atom is -0.457 e. The molecule has 2 aliphatic carbocycles. The third-order valence-electron chi connectivity index (χ3n) is 4.89. The molecule has 0 aliphatic heterocycles. The lowest BCUT2D eigenvalue weighted by Gasteiger charge is -2.14. The van der Waals surface area contributed by atoms with Crippen LogP contribution < -0.4 is 0 Å². The Labute approximate surface area is 130 Å². The smallest absolute Gasteiger partial charge is 0.310 e. The molecule has 22 heavy (non-hydrogen) atoms. The average Bonchev–Trinajstić information content (AvgIpc) is 2.83. The monoisotopic (exact) mass is 308 g/mol. The van der Waals surface area contributed by atoms with Gasteiger partial charge < -0.3 is 4.74 Å². The van der Waals surface area contributed by atoms with E-state index in [-0.39, 0.29) is 6.10 Å². The van der Waals surface area contributed by atoms with Crippen molar-refractivity contribution in [2.75, 3.05) is 0 Å². The van der Waals surface area contributed by atoms with Crippen LogP contribution in [-0.2, 0) is 9.53 Å². The van der Waals surface area contributed by atoms with Crippen molar-refractivity contribution in [2.45, 2.75) is 39.7 Å². The molecule has 0 bridgehead atoms. The Balaban J connectivity index is 2.07. The molecular weight excluding hydrogens is 286 g/mol. The normalized spacial score (nSPS) is 29.3. The maximum Gasteiger partial charge on any atom is 0.310 e. The summed E-state index contributed by atoms with van der Waals surface area (Å²) in [6.07, 6.45) is 1.87. The Kier molecular flexibility index (Phi) is 4.41. The van der Waals surface area contributed by atoms with Crippen LogP contribution >= 0.6 is 0 Å². The van der Waals surface area contributed by atoms with Gasteiger partial charge in [-0.2, -0.15) is 8.78 Å². The summed E-state index contributed by atoms with van der Waals surface area (Å²) < 4.78 is 30.5. The number of esters is 1. The molecule has 1 saturated carbocycles. The molecule has 0 N–H and O–H groups in total. The summed E-state index contributed by atoms with van der Waals surface area (Å²) in [7, 11) is 0. The second-order valence-corrected chi connectivity index (χ2v) is 6.67. The quantitative estimate of drug-likeness (QED) is 0.538. The molecule has 0 aromatic rings. The zero-order valence-electron chi connectivity index (χ0n) is 13.3. The van der Waals surface area contributed by atoms with Crippen molar-refractivity contribution in [3.8, 4) is 0 Å². The molecule has 2 aliphatic rings. The summed E-state index contributed by atoms with van der Waals surface area (Å²) in [6, 6.07) is 0. The van der Waals surface area contributed by atoms with Crippen LogP contribution in [0.25, 0.3) is 0 Å². The van der Waals surface area contributed by atoms with E-state index >= 15 is 0 Å². The molecule has 0 spiro atoms. The van der Waals surface area contributed by atoms with E-state index in [9.17, 15) is 13.6 Å². The van der Waals surface area contributed by atoms with Gasteiger partial charge in [0.05, 0.1) is 5.92 Å². The van der Waals surface area contributed by atoms with Crippen molar-refractivity contribution in [3.63, 3.8) is 0 Å². The molecule has 1 unspecified atom stereocenters. The molecule has 1 fully saturated rings. The van der Waals surface area contributed by atoms with Crippen LogP contribution in [0.4, 0.5) is 8.78 Å². The van der Waals surface area contributed by atoms with Gasteiger partial charge in [0.15, 0.2) is 0 Å². The van der Waals surface area contributed by atoms with E-state index < -0.39 is 29.3 Å². The highest BCUT2D eigenvalue weighted by atomic mass is 19.3. The SMILES string of the molecule is C=CCC1=C(C)C(OC(=O)[C@@H]2[C@@H](C=C(F)F)C2(C)C)CC1=C. The Morgan fingerprint density at radius 2 is 2.09 bits per heavy atom. The first-order valence-corrected chi connectivity index (χ1v) is 7.42. The highest BCUT2D eigenvalue weighted by molar-refractivity contribution is 5.79. The van der Waals surface area contributed by atoms with Gasteiger partial charge in [0.25, 0.3) is 6.08 Å². The van der Waals surface area contributed by atoms with E-state index in [1.165, 1.54) is 0 Å². The van der Waals surface area contributed by atoms with E-state index in [0.717, 1.165) is 22.8 Å². The minimum absolute atomic E-state index is 0.328. The fourth-order valence-corrected chi connectivity index (χ4v) is 3.34. The van der Waals surface area contributed by atoms with E-state index in [1.54, 1.807) is 6.08 Å². The molecular formula is C18H22F2O2. The van der Waals surface area contributed by atoms with Crippen molar-refractivity contribution in [1.29, 1.82) is 0 Å². The van der Waals surface area contributed by atoms with Crippen molar-refractivity contribution in [3.05, 3.63) is 48.1 Å². The summed E-state index contributed by atoms with van der Waals surface area (Å²) >= 11 is 0. The van der Waals surface area contributed by atoms with Gasteiger partial charge in [0.1, 0.15) is 6.10 Å². The van der Waals surface area contributed by atoms with Crippen LogP contribution in [0, 0.1) is 17.3 Å². The van der Waals surface area contributed by atoms with Gasteiger partial charge in [-0.3, -0.25) is 4.79 Å². The lowest BCUT2D eigenvalue weighted by Crippen LogP contribution is -2.20. The van der Waals surface area contributed by atoms with Gasteiger partial charge in [0.2, 0.25) is 0 Å². The standard InChI is InChI=1S/C18H22F2O2/c1-6-7-12-10(2)8-14(11(12)3)22-17(21)16-13(9-15(19)20)18(16,4)5/h6,9,13-14,16H,1-2,7-8H2,3-5H3/t13-,14?,16+/m1/s1. The van der Waals surface area contributed by atoms with Crippen molar-refractivity contribution in [1.82, 2.24) is 0 Å². The van der Waals surface area contributed by atoms with Gasteiger partial charge in [-0.15, -0.1) is 6.58 Å². The maximum atomic E-state index is 12.4. The van der Waals surface area contributed by atoms with E-state index in [4.69, 9.17) is 4.74 Å². The summed E-state index contributed by atoms with van der Waals surface area (Å²) in [5.41, 5.74) is 2.55. The van der Waals surface area contributed by atoms with E-state index in [2.05, 4.69) is 13.2 Å². The molecule has 2 nitrogen and oxygen atoms in total. The largest absolute Gasteiger partial charge is 0.457 e. The first-order valence-electron chi connectivity index (χ1n) is 7.42. The van der Waals surface area contributed by atoms with Gasteiger partial charge in [-0.1, -0.05) is 26.5 Å². The first-order chi connectivity index (χ1) is 10.2. The third kappa shape index (κ3) is 2.92. The van der Waals surface area contributed by atoms with Crippen molar-refractivity contribution >= 4 is 5.97 Å². The minimum atomic E-state index is -1.74. The number of allylic oxidation sites excluding steroid dienone is 3. The second-order valence-electron chi connectivity index (χ2n) is 6.67. The molecule has 3 atom stereocenters. The van der Waals surface area contributed by atoms with Crippen LogP contribution in [0.5, 0.6) is 0 Å². The van der Waals surface area contributed by atoms with Crippen molar-refractivity contribution < 1.29 is 18.3 Å². The number of carbonyl (C=O) groups excluding carboxylic acids is 1. The second kappa shape index (κ2) is 5.82. The predicted molar refractivity (Wildman–Crippen MR) is 82.2 cm³/mol. The fourth-order valence-electron chi connectivity index (χ4n) is 3.34. The Bertz CT molecular complexity index is 580. The number of rotatable bonds is 5. The van der Waals surface area contributed by atoms with E-state index in [0.29, 0.717) is 12.8 Å². The highest BCUT2D eigenvalue weighted by Crippen LogP contribution is 2.60. The maximum absolute atomic E-state index is 12.4. The van der Waals surface area contributed by atoms with Crippen molar-refractivity contribution in [2.24, 2.45) is 17.3 Å². The molecule has 2 rings (SSSR count). The molecule has 0 aromatic carbocycles. The molecule has 0 radical (unpaired) electrons. The first kappa shape index (κ1) is 16.7. The number of hydrogen-bond donors (Lipinski definition) is 0. The Hall–Kier alpha value is -1.71. The third-order valence-corrected chi connectivity index (χ3v) is 4.89. The number of hydrogen-bond acceptors (Lipinski definition) is 2. The summed E-state index contributed by atoms with van der Waals surface area (Å²) in [5.74, 6) is -1.35. The van der Waals surface area contributed by atoms with Crippen LogP contribution in [0.2, 0.25) is 0 Å². The van der Waals surface area contributed by atoms with Gasteiger partial charge in [-0.05, 0) is 41.6 Å². The number of ether oxygens (including phenoxy) is 1. The highest BCUT2D eigenvalue weighted by Gasteiger charge is 2.62. The van der Waals surface area contributed by atoms with Crippen LogP contribution in [-0.4, -0.2) is 12.1 Å². The van der Waals surface area contributed by atoms with E-state index in [1.807, 2.05) is 20.8 Å². The molecule has 0 heterocycles. The fraction of sp³-hybridized carbons (Fsp3) is 0.500. The molecule has 0 aromatic heterocycles. The average molecular weight is 308 g/mol. The molecule has 0 saturated heterocycles. The van der Waals surface area contributed by atoms with Crippen LogP contribution in [0.15, 0.2) is 48.1 Å². The predicted octanol–water partition coefficient (Wildman–Crippen LogP) is 4.80. The van der Waals surface area contributed by atoms with Crippen LogP contribution in [0.1, 0.15) is 33.6 Å². The lowest BCUT2D eigenvalue weighted by atomic mass is 10.1. The molecule has 0 amide bonds. The number of carbonyl (C=O) groups is 1. The number of halogens is 2. The summed E-state index contributed by atoms with van der Waals surface area (Å²) in [5, 5.41) is 0. The zero-order chi connectivity index (χ0) is 16.7. The lowest BCUT2D eigenvalue weighted by molar-refractivity contribution is -0.149. The van der Waals surface area contributed by atoms with Gasteiger partial charge >= 0.3 is 5.97 Å².